The maximum Gasteiger partial charge on any atom is 0.164 e. The summed E-state index contributed by atoms with van der Waals surface area (Å²) in [7, 11) is 0. The number of terminal acetylenes is 1. The molecule has 0 bridgehead atoms. The van der Waals surface area contributed by atoms with Crippen molar-refractivity contribution < 1.29 is 4.84 Å². The van der Waals surface area contributed by atoms with Crippen LogP contribution in [-0.4, -0.2) is 11.6 Å². The summed E-state index contributed by atoms with van der Waals surface area (Å²) in [5.41, 5.74) is 2.62. The minimum absolute atomic E-state index is 0.199. The quantitative estimate of drug-likeness (QED) is 0.529. The van der Waals surface area contributed by atoms with E-state index in [4.69, 9.17) is 11.3 Å². The molecule has 0 fully saturated rings. The maximum atomic E-state index is 5.00. The number of hydrogen-bond donors (Lipinski definition) is 1. The van der Waals surface area contributed by atoms with Gasteiger partial charge >= 0.3 is 0 Å². The topological polar surface area (TPSA) is 34.1 Å². The lowest BCUT2D eigenvalue weighted by molar-refractivity contribution is 0.232. The summed E-state index contributed by atoms with van der Waals surface area (Å²) in [6, 6.07) is 1.86. The number of nitrogens with one attached hydrogen (secondary N) is 1. The standard InChI is InChI=1S/C8H6Br2N2O/c1-2-3-13-12-8-7(10)4-6(9)5-11-8/h1,4-5H,3H2,(H,11,12). The Morgan fingerprint density at radius 1 is 1.62 bits per heavy atom. The summed E-state index contributed by atoms with van der Waals surface area (Å²) < 4.78 is 1.70. The van der Waals surface area contributed by atoms with E-state index < -0.39 is 0 Å². The predicted molar refractivity (Wildman–Crippen MR) is 58.0 cm³/mol. The van der Waals surface area contributed by atoms with Gasteiger partial charge in [0.25, 0.3) is 0 Å². The monoisotopic (exact) mass is 304 g/mol. The number of pyridine rings is 1. The normalized spacial score (nSPS) is 9.31. The van der Waals surface area contributed by atoms with Gasteiger partial charge in [-0.05, 0) is 37.9 Å². The van der Waals surface area contributed by atoms with Gasteiger partial charge in [0, 0.05) is 10.7 Å². The van der Waals surface area contributed by atoms with Crippen LogP contribution in [-0.2, 0) is 4.84 Å². The van der Waals surface area contributed by atoms with Crippen molar-refractivity contribution in [2.75, 3.05) is 12.1 Å². The molecule has 0 saturated heterocycles. The lowest BCUT2D eigenvalue weighted by Crippen LogP contribution is -2.03. The highest BCUT2D eigenvalue weighted by molar-refractivity contribution is 9.11. The van der Waals surface area contributed by atoms with E-state index in [2.05, 4.69) is 48.2 Å². The fourth-order valence-electron chi connectivity index (χ4n) is 0.636. The third-order valence-corrected chi connectivity index (χ3v) is 2.17. The molecule has 0 unspecified atom stereocenters. The van der Waals surface area contributed by atoms with Gasteiger partial charge in [0.2, 0.25) is 0 Å². The third-order valence-electron chi connectivity index (χ3n) is 1.13. The molecule has 68 valence electrons. The number of halogens is 2. The number of aromatic nitrogens is 1. The van der Waals surface area contributed by atoms with Crippen LogP contribution in [0.2, 0.25) is 0 Å². The highest BCUT2D eigenvalue weighted by Gasteiger charge is 2.00. The molecule has 0 atom stereocenters. The van der Waals surface area contributed by atoms with Crippen molar-refractivity contribution in [1.82, 2.24) is 4.98 Å². The molecule has 0 spiro atoms. The molecule has 0 aliphatic heterocycles. The Labute approximate surface area is 93.1 Å². The number of nitrogens with zero attached hydrogens (tertiary/aromatic N) is 1. The Bertz CT molecular complexity index is 335. The van der Waals surface area contributed by atoms with E-state index in [9.17, 15) is 0 Å². The summed E-state index contributed by atoms with van der Waals surface area (Å²) >= 11 is 6.60. The molecule has 13 heavy (non-hydrogen) atoms. The number of hydrogen-bond acceptors (Lipinski definition) is 3. The molecule has 1 rings (SSSR count). The van der Waals surface area contributed by atoms with Gasteiger partial charge in [0.05, 0.1) is 4.47 Å². The lowest BCUT2D eigenvalue weighted by atomic mass is 10.5. The Morgan fingerprint density at radius 3 is 3.00 bits per heavy atom. The van der Waals surface area contributed by atoms with Crippen LogP contribution in [0.5, 0.6) is 0 Å². The van der Waals surface area contributed by atoms with Gasteiger partial charge in [-0.3, -0.25) is 4.84 Å². The molecule has 0 saturated carbocycles. The second-order valence-corrected chi connectivity index (χ2v) is 3.85. The van der Waals surface area contributed by atoms with Crippen molar-refractivity contribution in [3.63, 3.8) is 0 Å². The second kappa shape index (κ2) is 5.22. The molecule has 1 N–H and O–H groups in total. The molecule has 0 aromatic carbocycles. The molecule has 0 radical (unpaired) electrons. The Kier molecular flexibility index (Phi) is 4.22. The fourth-order valence-corrected chi connectivity index (χ4v) is 1.70. The van der Waals surface area contributed by atoms with E-state index >= 15 is 0 Å². The zero-order chi connectivity index (χ0) is 9.68. The fraction of sp³-hybridized carbons (Fsp3) is 0.125. The first-order chi connectivity index (χ1) is 6.24. The minimum Gasteiger partial charge on any atom is -0.262 e. The first-order valence-electron chi connectivity index (χ1n) is 3.36. The summed E-state index contributed by atoms with van der Waals surface area (Å²) in [4.78, 5) is 8.95. The van der Waals surface area contributed by atoms with Crippen LogP contribution in [0.3, 0.4) is 0 Å². The summed E-state index contributed by atoms with van der Waals surface area (Å²) in [5, 5.41) is 0. The van der Waals surface area contributed by atoms with Crippen molar-refractivity contribution >= 4 is 37.7 Å². The summed E-state index contributed by atoms with van der Waals surface area (Å²) in [5.74, 6) is 2.93. The molecule has 3 nitrogen and oxygen atoms in total. The molecule has 0 amide bonds. The Balaban J connectivity index is 2.62. The smallest absolute Gasteiger partial charge is 0.164 e. The molecule has 0 aliphatic rings. The molecular weight excluding hydrogens is 300 g/mol. The average molecular weight is 306 g/mol. The SMILES string of the molecule is C#CCONc1ncc(Br)cc1Br. The van der Waals surface area contributed by atoms with Gasteiger partial charge in [-0.25, -0.2) is 10.5 Å². The van der Waals surface area contributed by atoms with Gasteiger partial charge < -0.3 is 0 Å². The van der Waals surface area contributed by atoms with Crippen molar-refractivity contribution in [1.29, 1.82) is 0 Å². The third kappa shape index (κ3) is 3.35. The van der Waals surface area contributed by atoms with Crippen LogP contribution in [0.1, 0.15) is 0 Å². The Morgan fingerprint density at radius 2 is 2.38 bits per heavy atom. The van der Waals surface area contributed by atoms with Crippen molar-refractivity contribution in [3.05, 3.63) is 21.2 Å². The molecular formula is C8H6Br2N2O. The summed E-state index contributed by atoms with van der Waals surface area (Å²) in [6.45, 7) is 0.199. The van der Waals surface area contributed by atoms with Gasteiger partial charge in [0.1, 0.15) is 6.61 Å². The highest BCUT2D eigenvalue weighted by atomic mass is 79.9. The van der Waals surface area contributed by atoms with Crippen molar-refractivity contribution in [2.24, 2.45) is 0 Å². The first kappa shape index (κ1) is 10.5. The van der Waals surface area contributed by atoms with Crippen molar-refractivity contribution in [3.8, 4) is 12.3 Å². The van der Waals surface area contributed by atoms with E-state index in [-0.39, 0.29) is 6.61 Å². The highest BCUT2D eigenvalue weighted by Crippen LogP contribution is 2.23. The number of rotatable bonds is 3. The minimum atomic E-state index is 0.199. The van der Waals surface area contributed by atoms with Gasteiger partial charge in [-0.1, -0.05) is 5.92 Å². The van der Waals surface area contributed by atoms with Crippen molar-refractivity contribution in [2.45, 2.75) is 0 Å². The van der Waals surface area contributed by atoms with E-state index in [1.54, 1.807) is 6.20 Å². The molecule has 1 heterocycles. The maximum absolute atomic E-state index is 5.00. The summed E-state index contributed by atoms with van der Waals surface area (Å²) in [6.07, 6.45) is 6.66. The van der Waals surface area contributed by atoms with Gasteiger partial charge in [-0.15, -0.1) is 6.42 Å². The lowest BCUT2D eigenvalue weighted by Gasteiger charge is -2.05. The zero-order valence-electron chi connectivity index (χ0n) is 6.55. The zero-order valence-corrected chi connectivity index (χ0v) is 9.72. The van der Waals surface area contributed by atoms with Crippen LogP contribution >= 0.6 is 31.9 Å². The van der Waals surface area contributed by atoms with E-state index in [1.165, 1.54) is 0 Å². The molecule has 5 heteroatoms. The molecule has 1 aromatic rings. The van der Waals surface area contributed by atoms with E-state index in [0.29, 0.717) is 5.82 Å². The van der Waals surface area contributed by atoms with Crippen LogP contribution in [0.4, 0.5) is 5.82 Å². The van der Waals surface area contributed by atoms with Crippen LogP contribution < -0.4 is 5.48 Å². The first-order valence-corrected chi connectivity index (χ1v) is 4.95. The predicted octanol–water partition coefficient (Wildman–Crippen LogP) is 2.58. The second-order valence-electron chi connectivity index (χ2n) is 2.08. The van der Waals surface area contributed by atoms with Gasteiger partial charge in [0.15, 0.2) is 5.82 Å². The van der Waals surface area contributed by atoms with E-state index in [0.717, 1.165) is 8.95 Å². The largest absolute Gasteiger partial charge is 0.262 e. The number of anilines is 1. The van der Waals surface area contributed by atoms with Crippen LogP contribution in [0.15, 0.2) is 21.2 Å². The van der Waals surface area contributed by atoms with E-state index in [1.807, 2.05) is 6.07 Å². The molecule has 1 aromatic heterocycles. The Hall–Kier alpha value is -0.570. The molecule has 0 aliphatic carbocycles. The average Bonchev–Trinajstić information content (AvgIpc) is 2.09. The van der Waals surface area contributed by atoms with Crippen LogP contribution in [0, 0.1) is 12.3 Å². The van der Waals surface area contributed by atoms with Gasteiger partial charge in [-0.2, -0.15) is 0 Å². The van der Waals surface area contributed by atoms with Crippen LogP contribution in [0.25, 0.3) is 0 Å².